The van der Waals surface area contributed by atoms with Gasteiger partial charge >= 0.3 is 0 Å². The number of sulfonamides is 1. The number of aromatic amines is 1. The summed E-state index contributed by atoms with van der Waals surface area (Å²) in [4.78, 5) is 34.5. The molecule has 2 aliphatic heterocycles. The van der Waals surface area contributed by atoms with Crippen molar-refractivity contribution >= 4 is 44.0 Å². The quantitative estimate of drug-likeness (QED) is 0.444. The Morgan fingerprint density at radius 1 is 1.27 bits per heavy atom. The van der Waals surface area contributed by atoms with Crippen LogP contribution in [-0.4, -0.2) is 73.0 Å². The van der Waals surface area contributed by atoms with E-state index in [2.05, 4.69) is 20.2 Å². The highest BCUT2D eigenvalue weighted by Crippen LogP contribution is 2.35. The van der Waals surface area contributed by atoms with Crippen LogP contribution >= 0.6 is 0 Å². The molecule has 2 amide bonds. The van der Waals surface area contributed by atoms with Crippen molar-refractivity contribution in [3.05, 3.63) is 53.4 Å². The van der Waals surface area contributed by atoms with Gasteiger partial charge in [0.25, 0.3) is 11.8 Å². The molecule has 0 spiro atoms. The third-order valence-electron chi connectivity index (χ3n) is 6.97. The minimum atomic E-state index is -3.25. The van der Waals surface area contributed by atoms with Crippen LogP contribution in [0.5, 0.6) is 0 Å². The number of oxazole rings is 1. The second kappa shape index (κ2) is 9.67. The van der Waals surface area contributed by atoms with Crippen molar-refractivity contribution in [2.45, 2.75) is 32.2 Å². The molecule has 37 heavy (non-hydrogen) atoms. The fourth-order valence-electron chi connectivity index (χ4n) is 5.10. The number of carbonyl (C=O) groups is 2. The van der Waals surface area contributed by atoms with Gasteiger partial charge in [-0.05, 0) is 43.0 Å². The SMILES string of the molecule is Cc1nc(C(=O)N[C@@H]2CCCN(c3ccc(C(N)=O)c4[nH]c(C5=CCN(S(C)(=O)=O)CC5)cc34)C2)co1. The second-order valence-corrected chi connectivity index (χ2v) is 11.6. The van der Waals surface area contributed by atoms with Crippen LogP contribution < -0.4 is 16.0 Å². The maximum atomic E-state index is 12.6. The molecule has 0 bridgehead atoms. The molecule has 1 atom stereocenters. The molecule has 4 heterocycles. The van der Waals surface area contributed by atoms with Gasteiger partial charge < -0.3 is 25.4 Å². The third kappa shape index (κ3) is 5.12. The summed E-state index contributed by atoms with van der Waals surface area (Å²) in [6.07, 6.45) is 6.74. The molecule has 12 heteroatoms. The summed E-state index contributed by atoms with van der Waals surface area (Å²) in [7, 11) is -3.25. The van der Waals surface area contributed by atoms with Gasteiger partial charge in [-0.1, -0.05) is 6.08 Å². The molecule has 1 aromatic carbocycles. The first kappa shape index (κ1) is 25.0. The van der Waals surface area contributed by atoms with Crippen LogP contribution in [0.4, 0.5) is 5.69 Å². The highest BCUT2D eigenvalue weighted by Gasteiger charge is 2.26. The minimum Gasteiger partial charge on any atom is -0.448 e. The van der Waals surface area contributed by atoms with Gasteiger partial charge in [-0.25, -0.2) is 13.4 Å². The number of aromatic nitrogens is 2. The van der Waals surface area contributed by atoms with Crippen LogP contribution in [0, 0.1) is 6.92 Å². The molecule has 2 aliphatic rings. The maximum Gasteiger partial charge on any atom is 0.273 e. The van der Waals surface area contributed by atoms with Crippen molar-refractivity contribution in [2.75, 3.05) is 37.3 Å². The van der Waals surface area contributed by atoms with E-state index in [1.165, 1.54) is 16.8 Å². The number of nitrogens with two attached hydrogens (primary N) is 1. The van der Waals surface area contributed by atoms with Crippen LogP contribution in [-0.2, 0) is 10.0 Å². The van der Waals surface area contributed by atoms with Crippen LogP contribution in [0.3, 0.4) is 0 Å². The number of nitrogens with one attached hydrogen (secondary N) is 2. The fourth-order valence-corrected chi connectivity index (χ4v) is 5.86. The Morgan fingerprint density at radius 2 is 2.08 bits per heavy atom. The number of hydrogen-bond donors (Lipinski definition) is 3. The number of carbonyl (C=O) groups excluding carboxylic acids is 2. The molecular formula is C25H30N6O5S. The summed E-state index contributed by atoms with van der Waals surface area (Å²) in [5, 5.41) is 3.91. The number of amides is 2. The maximum absolute atomic E-state index is 12.6. The number of H-pyrrole nitrogens is 1. The van der Waals surface area contributed by atoms with Gasteiger partial charge in [0.1, 0.15) is 6.26 Å². The van der Waals surface area contributed by atoms with Crippen molar-refractivity contribution in [3.8, 4) is 0 Å². The fraction of sp³-hybridized carbons (Fsp3) is 0.400. The van der Waals surface area contributed by atoms with Gasteiger partial charge in [0.05, 0.1) is 17.3 Å². The standard InChI is InChI=1S/C25H30N6O5S/c1-15-27-21(14-36-15)25(33)28-17-4-3-9-30(13-17)22-6-5-18(24(26)32)23-19(22)12-20(29-23)16-7-10-31(11-8-16)37(2,34)35/h5-7,12,14,17,29H,3-4,8-11,13H2,1-2H3,(H2,26,32)(H,28,33)/t17-/m1/s1. The molecule has 5 rings (SSSR count). The van der Waals surface area contributed by atoms with E-state index in [-0.39, 0.29) is 17.6 Å². The summed E-state index contributed by atoms with van der Waals surface area (Å²) in [5.41, 5.74) is 9.73. The van der Waals surface area contributed by atoms with Crippen molar-refractivity contribution in [1.82, 2.24) is 19.6 Å². The molecule has 2 aromatic heterocycles. The topological polar surface area (TPSA) is 155 Å². The third-order valence-corrected chi connectivity index (χ3v) is 8.24. The molecule has 0 radical (unpaired) electrons. The molecule has 1 saturated heterocycles. The Balaban J connectivity index is 1.43. The molecule has 1 fully saturated rings. The molecule has 0 unspecified atom stereocenters. The summed E-state index contributed by atoms with van der Waals surface area (Å²) >= 11 is 0. The van der Waals surface area contributed by atoms with Crippen LogP contribution in [0.25, 0.3) is 16.5 Å². The average molecular weight is 527 g/mol. The van der Waals surface area contributed by atoms with Gasteiger partial charge in [-0.2, -0.15) is 4.31 Å². The highest BCUT2D eigenvalue weighted by atomic mass is 32.2. The number of nitrogens with zero attached hydrogens (tertiary/aromatic N) is 3. The summed E-state index contributed by atoms with van der Waals surface area (Å²) in [6.45, 7) is 3.79. The minimum absolute atomic E-state index is 0.0782. The van der Waals surface area contributed by atoms with Crippen LogP contribution in [0.15, 0.2) is 35.0 Å². The van der Waals surface area contributed by atoms with Crippen LogP contribution in [0.1, 0.15) is 51.7 Å². The molecule has 11 nitrogen and oxygen atoms in total. The van der Waals surface area contributed by atoms with E-state index in [0.717, 1.165) is 41.7 Å². The number of piperidine rings is 1. The average Bonchev–Trinajstić information content (AvgIpc) is 3.50. The van der Waals surface area contributed by atoms with Gasteiger partial charge in [0.15, 0.2) is 11.6 Å². The zero-order valence-electron chi connectivity index (χ0n) is 20.8. The van der Waals surface area contributed by atoms with E-state index in [9.17, 15) is 18.0 Å². The number of fused-ring (bicyclic) bond motifs is 1. The number of anilines is 1. The Morgan fingerprint density at radius 3 is 2.73 bits per heavy atom. The summed E-state index contributed by atoms with van der Waals surface area (Å²) < 4.78 is 30.4. The second-order valence-electron chi connectivity index (χ2n) is 9.58. The van der Waals surface area contributed by atoms with Crippen molar-refractivity contribution in [3.63, 3.8) is 0 Å². The van der Waals surface area contributed by atoms with Gasteiger partial charge in [-0.15, -0.1) is 0 Å². The molecule has 4 N–H and O–H groups in total. The Bertz CT molecular complexity index is 1500. The van der Waals surface area contributed by atoms with E-state index in [4.69, 9.17) is 10.2 Å². The van der Waals surface area contributed by atoms with Crippen molar-refractivity contribution < 1.29 is 22.4 Å². The Hall–Kier alpha value is -3.64. The predicted octanol–water partition coefficient (Wildman–Crippen LogP) is 2.01. The predicted molar refractivity (Wildman–Crippen MR) is 140 cm³/mol. The van der Waals surface area contributed by atoms with Crippen LogP contribution in [0.2, 0.25) is 0 Å². The van der Waals surface area contributed by atoms with Gasteiger partial charge in [0.2, 0.25) is 10.0 Å². The Labute approximate surface area is 214 Å². The van der Waals surface area contributed by atoms with Gasteiger partial charge in [0, 0.05) is 55.9 Å². The van der Waals surface area contributed by atoms with E-state index >= 15 is 0 Å². The lowest BCUT2D eigenvalue weighted by atomic mass is 10.0. The lowest BCUT2D eigenvalue weighted by molar-refractivity contribution is 0.0927. The van der Waals surface area contributed by atoms with E-state index < -0.39 is 15.9 Å². The number of hydrogen-bond acceptors (Lipinski definition) is 7. The molecule has 0 aliphatic carbocycles. The van der Waals surface area contributed by atoms with Crippen molar-refractivity contribution in [2.24, 2.45) is 5.73 Å². The summed E-state index contributed by atoms with van der Waals surface area (Å²) in [6, 6.07) is 5.54. The lowest BCUT2D eigenvalue weighted by Gasteiger charge is -2.35. The zero-order valence-corrected chi connectivity index (χ0v) is 21.6. The smallest absolute Gasteiger partial charge is 0.273 e. The van der Waals surface area contributed by atoms with Crippen molar-refractivity contribution in [1.29, 1.82) is 0 Å². The number of benzene rings is 1. The first-order valence-electron chi connectivity index (χ1n) is 12.2. The van der Waals surface area contributed by atoms with E-state index in [0.29, 0.717) is 43.0 Å². The summed E-state index contributed by atoms with van der Waals surface area (Å²) in [5.74, 6) is -0.362. The zero-order chi connectivity index (χ0) is 26.3. The first-order chi connectivity index (χ1) is 17.6. The monoisotopic (exact) mass is 526 g/mol. The Kier molecular flexibility index (Phi) is 6.54. The van der Waals surface area contributed by atoms with Gasteiger partial charge in [-0.3, -0.25) is 9.59 Å². The number of rotatable bonds is 6. The number of aryl methyl sites for hydroxylation is 1. The highest BCUT2D eigenvalue weighted by molar-refractivity contribution is 7.88. The lowest BCUT2D eigenvalue weighted by Crippen LogP contribution is -2.48. The van der Waals surface area contributed by atoms with E-state index in [1.54, 1.807) is 13.0 Å². The largest absolute Gasteiger partial charge is 0.448 e. The first-order valence-corrected chi connectivity index (χ1v) is 14.0. The molecule has 3 aromatic rings. The van der Waals surface area contributed by atoms with E-state index in [1.807, 2.05) is 18.2 Å². The normalized spacial score (nSPS) is 19.1. The molecular weight excluding hydrogens is 496 g/mol. The number of primary amides is 1. The molecule has 0 saturated carbocycles. The molecule has 196 valence electrons.